The molecule has 0 aliphatic rings. The Morgan fingerprint density at radius 1 is 0.852 bits per heavy atom. The lowest BCUT2D eigenvalue weighted by Crippen LogP contribution is -2.50. The molecular weight excluding hydrogens is 342 g/mol. The van der Waals surface area contributed by atoms with E-state index in [9.17, 15) is 14.4 Å². The van der Waals surface area contributed by atoms with Gasteiger partial charge in [-0.05, 0) is 52.0 Å². The molecule has 0 aromatic heterocycles. The number of hydrogen-bond donors (Lipinski definition) is 3. The molecule has 142 valence electrons. The zero-order valence-electron chi connectivity index (χ0n) is 16.0. The van der Waals surface area contributed by atoms with Crippen molar-refractivity contribution in [1.82, 2.24) is 10.6 Å². The van der Waals surface area contributed by atoms with Gasteiger partial charge in [-0.3, -0.25) is 14.4 Å². The topological polar surface area (TPSA) is 87.3 Å². The maximum atomic E-state index is 12.6. The zero-order chi connectivity index (χ0) is 20.0. The monoisotopic (exact) mass is 367 g/mol. The van der Waals surface area contributed by atoms with Crippen LogP contribution < -0.4 is 16.0 Å². The minimum atomic E-state index is -0.713. The van der Waals surface area contributed by atoms with Crippen molar-refractivity contribution >= 4 is 23.4 Å². The fraction of sp³-hybridized carbons (Fsp3) is 0.286. The molecule has 2 rings (SSSR count). The SMILES string of the molecule is C[C@H](NC(=O)c1ccccc1NC(=O)c1ccccc1)C(=O)NC(C)(C)C. The minimum absolute atomic E-state index is 0.276. The predicted molar refractivity (Wildman–Crippen MR) is 106 cm³/mol. The number of hydrogen-bond acceptors (Lipinski definition) is 3. The molecule has 2 aromatic rings. The lowest BCUT2D eigenvalue weighted by atomic mass is 10.1. The van der Waals surface area contributed by atoms with E-state index in [1.807, 2.05) is 26.8 Å². The summed E-state index contributed by atoms with van der Waals surface area (Å²) in [5.41, 5.74) is 0.771. The Balaban J connectivity index is 2.11. The Labute approximate surface area is 159 Å². The summed E-state index contributed by atoms with van der Waals surface area (Å²) in [6.45, 7) is 7.22. The third kappa shape index (κ3) is 5.95. The first kappa shape index (κ1) is 20.2. The first-order valence-electron chi connectivity index (χ1n) is 8.76. The third-order valence-electron chi connectivity index (χ3n) is 3.69. The fourth-order valence-corrected chi connectivity index (χ4v) is 2.39. The van der Waals surface area contributed by atoms with Crippen LogP contribution in [0, 0.1) is 0 Å². The number of carbonyl (C=O) groups excluding carboxylic acids is 3. The molecule has 27 heavy (non-hydrogen) atoms. The van der Waals surface area contributed by atoms with Crippen LogP contribution in [0.1, 0.15) is 48.4 Å². The number of nitrogens with one attached hydrogen (secondary N) is 3. The lowest BCUT2D eigenvalue weighted by Gasteiger charge is -2.24. The van der Waals surface area contributed by atoms with Gasteiger partial charge in [-0.15, -0.1) is 0 Å². The summed E-state index contributed by atoms with van der Waals surface area (Å²) in [6.07, 6.45) is 0. The molecule has 0 aliphatic heterocycles. The molecule has 0 unspecified atom stereocenters. The third-order valence-corrected chi connectivity index (χ3v) is 3.69. The quantitative estimate of drug-likeness (QED) is 0.759. The Hall–Kier alpha value is -3.15. The number of anilines is 1. The van der Waals surface area contributed by atoms with Crippen LogP contribution in [0.3, 0.4) is 0 Å². The van der Waals surface area contributed by atoms with Crippen LogP contribution in [0.5, 0.6) is 0 Å². The van der Waals surface area contributed by atoms with Gasteiger partial charge in [-0.25, -0.2) is 0 Å². The molecular formula is C21H25N3O3. The van der Waals surface area contributed by atoms with Crippen molar-refractivity contribution in [3.05, 3.63) is 65.7 Å². The largest absolute Gasteiger partial charge is 0.350 e. The summed E-state index contributed by atoms with van der Waals surface area (Å²) in [6, 6.07) is 14.7. The highest BCUT2D eigenvalue weighted by molar-refractivity contribution is 6.09. The lowest BCUT2D eigenvalue weighted by molar-refractivity contribution is -0.124. The molecule has 1 atom stereocenters. The van der Waals surface area contributed by atoms with Gasteiger partial charge in [-0.1, -0.05) is 30.3 Å². The van der Waals surface area contributed by atoms with Crippen LogP contribution in [-0.2, 0) is 4.79 Å². The van der Waals surface area contributed by atoms with E-state index < -0.39 is 17.5 Å². The Morgan fingerprint density at radius 2 is 1.44 bits per heavy atom. The second kappa shape index (κ2) is 8.49. The molecule has 0 heterocycles. The fourth-order valence-electron chi connectivity index (χ4n) is 2.39. The zero-order valence-corrected chi connectivity index (χ0v) is 16.0. The average Bonchev–Trinajstić information content (AvgIpc) is 2.61. The van der Waals surface area contributed by atoms with Gasteiger partial charge in [0.15, 0.2) is 0 Å². The highest BCUT2D eigenvalue weighted by Crippen LogP contribution is 2.16. The van der Waals surface area contributed by atoms with E-state index in [0.717, 1.165) is 0 Å². The Bertz CT molecular complexity index is 826. The molecule has 0 bridgehead atoms. The minimum Gasteiger partial charge on any atom is -0.350 e. The molecule has 3 N–H and O–H groups in total. The van der Waals surface area contributed by atoms with Crippen molar-refractivity contribution < 1.29 is 14.4 Å². The van der Waals surface area contributed by atoms with Crippen molar-refractivity contribution in [1.29, 1.82) is 0 Å². The van der Waals surface area contributed by atoms with Crippen LogP contribution in [0.4, 0.5) is 5.69 Å². The van der Waals surface area contributed by atoms with Crippen molar-refractivity contribution in [2.45, 2.75) is 39.3 Å². The van der Waals surface area contributed by atoms with Crippen LogP contribution >= 0.6 is 0 Å². The normalized spacial score (nSPS) is 12.0. The maximum Gasteiger partial charge on any atom is 0.255 e. The van der Waals surface area contributed by atoms with E-state index in [1.165, 1.54) is 0 Å². The Kier molecular flexibility index (Phi) is 6.34. The first-order chi connectivity index (χ1) is 12.7. The second-order valence-corrected chi connectivity index (χ2v) is 7.30. The molecule has 0 saturated carbocycles. The van der Waals surface area contributed by atoms with E-state index in [4.69, 9.17) is 0 Å². The summed E-state index contributed by atoms with van der Waals surface area (Å²) in [7, 11) is 0. The molecule has 0 spiro atoms. The van der Waals surface area contributed by atoms with E-state index >= 15 is 0 Å². The van der Waals surface area contributed by atoms with E-state index in [1.54, 1.807) is 55.5 Å². The highest BCUT2D eigenvalue weighted by Gasteiger charge is 2.22. The Morgan fingerprint density at radius 3 is 2.07 bits per heavy atom. The standard InChI is InChI=1S/C21H25N3O3/c1-14(18(25)24-21(2,3)4)22-20(27)16-12-8-9-13-17(16)23-19(26)15-10-6-5-7-11-15/h5-14H,1-4H3,(H,22,27)(H,23,26)(H,24,25)/t14-/m0/s1. The van der Waals surface area contributed by atoms with Gasteiger partial charge < -0.3 is 16.0 Å². The van der Waals surface area contributed by atoms with E-state index in [0.29, 0.717) is 11.3 Å². The molecule has 0 aliphatic carbocycles. The van der Waals surface area contributed by atoms with Crippen molar-refractivity contribution in [2.75, 3.05) is 5.32 Å². The van der Waals surface area contributed by atoms with Gasteiger partial charge >= 0.3 is 0 Å². The summed E-state index contributed by atoms with van der Waals surface area (Å²) in [4.78, 5) is 37.2. The maximum absolute atomic E-state index is 12.6. The molecule has 6 heteroatoms. The van der Waals surface area contributed by atoms with Gasteiger partial charge in [0.1, 0.15) is 6.04 Å². The summed E-state index contributed by atoms with van der Waals surface area (Å²) in [5.74, 6) is -1.02. The molecule has 2 aromatic carbocycles. The van der Waals surface area contributed by atoms with Crippen LogP contribution in [0.2, 0.25) is 0 Å². The van der Waals surface area contributed by atoms with Crippen LogP contribution in [0.25, 0.3) is 0 Å². The van der Waals surface area contributed by atoms with Gasteiger partial charge in [-0.2, -0.15) is 0 Å². The molecule has 0 saturated heterocycles. The first-order valence-corrected chi connectivity index (χ1v) is 8.76. The molecule has 3 amide bonds. The predicted octanol–water partition coefficient (Wildman–Crippen LogP) is 2.97. The van der Waals surface area contributed by atoms with Gasteiger partial charge in [0, 0.05) is 11.1 Å². The number of carbonyl (C=O) groups is 3. The van der Waals surface area contributed by atoms with Gasteiger partial charge in [0.2, 0.25) is 5.91 Å². The van der Waals surface area contributed by atoms with Crippen LogP contribution in [-0.4, -0.2) is 29.3 Å². The van der Waals surface area contributed by atoms with Gasteiger partial charge in [0.05, 0.1) is 11.3 Å². The van der Waals surface area contributed by atoms with Crippen LogP contribution in [0.15, 0.2) is 54.6 Å². The molecule has 0 radical (unpaired) electrons. The number of para-hydroxylation sites is 1. The van der Waals surface area contributed by atoms with E-state index in [2.05, 4.69) is 16.0 Å². The summed E-state index contributed by atoms with van der Waals surface area (Å²) < 4.78 is 0. The van der Waals surface area contributed by atoms with Gasteiger partial charge in [0.25, 0.3) is 11.8 Å². The second-order valence-electron chi connectivity index (χ2n) is 7.30. The average molecular weight is 367 g/mol. The molecule has 6 nitrogen and oxygen atoms in total. The number of amides is 3. The van der Waals surface area contributed by atoms with Crippen molar-refractivity contribution in [3.8, 4) is 0 Å². The van der Waals surface area contributed by atoms with Crippen molar-refractivity contribution in [2.24, 2.45) is 0 Å². The highest BCUT2D eigenvalue weighted by atomic mass is 16.2. The number of benzene rings is 2. The van der Waals surface area contributed by atoms with Crippen molar-refractivity contribution in [3.63, 3.8) is 0 Å². The summed E-state index contributed by atoms with van der Waals surface area (Å²) >= 11 is 0. The summed E-state index contributed by atoms with van der Waals surface area (Å²) in [5, 5.41) is 8.24. The number of rotatable bonds is 5. The van der Waals surface area contributed by atoms with E-state index in [-0.39, 0.29) is 17.4 Å². The smallest absolute Gasteiger partial charge is 0.255 e. The molecule has 0 fully saturated rings.